The van der Waals surface area contributed by atoms with Gasteiger partial charge >= 0.3 is 6.03 Å². The molecule has 0 aromatic heterocycles. The normalized spacial score (nSPS) is 25.7. The van der Waals surface area contributed by atoms with Gasteiger partial charge in [-0.25, -0.2) is 4.79 Å². The van der Waals surface area contributed by atoms with Crippen LogP contribution in [0.15, 0.2) is 0 Å². The summed E-state index contributed by atoms with van der Waals surface area (Å²) in [6.45, 7) is 5.08. The first-order valence-corrected chi connectivity index (χ1v) is 7.89. The van der Waals surface area contributed by atoms with Crippen LogP contribution in [0.1, 0.15) is 19.8 Å². The van der Waals surface area contributed by atoms with Crippen LogP contribution in [0.5, 0.6) is 0 Å². The number of nitrogens with zero attached hydrogens (tertiary/aromatic N) is 3. The summed E-state index contributed by atoms with van der Waals surface area (Å²) in [6.07, 6.45) is 1.89. The Morgan fingerprint density at radius 1 is 0.909 bits per heavy atom. The molecule has 2 aliphatic heterocycles. The summed E-state index contributed by atoms with van der Waals surface area (Å²) >= 11 is 0. The third kappa shape index (κ3) is 3.70. The van der Waals surface area contributed by atoms with E-state index < -0.39 is 0 Å². The van der Waals surface area contributed by atoms with E-state index in [4.69, 9.17) is 9.47 Å². The van der Waals surface area contributed by atoms with Crippen molar-refractivity contribution in [1.29, 1.82) is 0 Å². The van der Waals surface area contributed by atoms with Gasteiger partial charge in [0, 0.05) is 47.3 Å². The smallest absolute Gasteiger partial charge is 0.320 e. The van der Waals surface area contributed by atoms with E-state index in [2.05, 4.69) is 0 Å². The standard InChI is InChI=1S/C15H27N3O4/c1-12(19)16-6-8-17(9-7-16)15(20)18-13(10-21-2)4-5-14(18)11-22-3/h13-14H,4-11H2,1-3H3. The summed E-state index contributed by atoms with van der Waals surface area (Å²) in [6, 6.07) is 0.275. The highest BCUT2D eigenvalue weighted by Crippen LogP contribution is 2.26. The summed E-state index contributed by atoms with van der Waals surface area (Å²) in [4.78, 5) is 29.8. The van der Waals surface area contributed by atoms with Gasteiger partial charge in [0.05, 0.1) is 25.3 Å². The molecular weight excluding hydrogens is 286 g/mol. The Morgan fingerprint density at radius 2 is 1.36 bits per heavy atom. The van der Waals surface area contributed by atoms with Gasteiger partial charge in [-0.15, -0.1) is 0 Å². The molecule has 0 spiro atoms. The molecule has 2 atom stereocenters. The quantitative estimate of drug-likeness (QED) is 0.753. The maximum absolute atomic E-state index is 12.9. The van der Waals surface area contributed by atoms with Gasteiger partial charge in [-0.05, 0) is 12.8 Å². The van der Waals surface area contributed by atoms with E-state index in [1.54, 1.807) is 26.0 Å². The lowest BCUT2D eigenvalue weighted by Crippen LogP contribution is -2.57. The van der Waals surface area contributed by atoms with Crippen molar-refractivity contribution in [3.63, 3.8) is 0 Å². The van der Waals surface area contributed by atoms with Crippen molar-refractivity contribution >= 4 is 11.9 Å². The third-order valence-electron chi connectivity index (χ3n) is 4.55. The number of methoxy groups -OCH3 is 2. The lowest BCUT2D eigenvalue weighted by molar-refractivity contribution is -0.130. The summed E-state index contributed by atoms with van der Waals surface area (Å²) < 4.78 is 10.5. The number of carbonyl (C=O) groups excluding carboxylic acids is 2. The third-order valence-corrected chi connectivity index (χ3v) is 4.55. The summed E-state index contributed by atoms with van der Waals surface area (Å²) in [7, 11) is 3.33. The number of rotatable bonds is 4. The molecule has 7 nitrogen and oxygen atoms in total. The topological polar surface area (TPSA) is 62.3 Å². The number of piperazine rings is 1. The average Bonchev–Trinajstić information content (AvgIpc) is 2.90. The van der Waals surface area contributed by atoms with Crippen LogP contribution < -0.4 is 0 Å². The first-order valence-electron chi connectivity index (χ1n) is 7.89. The van der Waals surface area contributed by atoms with Crippen LogP contribution in [-0.4, -0.2) is 92.3 Å². The van der Waals surface area contributed by atoms with Crippen LogP contribution >= 0.6 is 0 Å². The fraction of sp³-hybridized carbons (Fsp3) is 0.867. The number of carbonyl (C=O) groups is 2. The molecule has 2 fully saturated rings. The van der Waals surface area contributed by atoms with E-state index in [1.807, 2.05) is 9.80 Å². The predicted octanol–water partition coefficient (Wildman–Crippen LogP) is 0.396. The van der Waals surface area contributed by atoms with Gasteiger partial charge < -0.3 is 24.2 Å². The van der Waals surface area contributed by atoms with E-state index in [9.17, 15) is 9.59 Å². The van der Waals surface area contributed by atoms with E-state index in [0.29, 0.717) is 39.4 Å². The monoisotopic (exact) mass is 313 g/mol. The van der Waals surface area contributed by atoms with Crippen molar-refractivity contribution in [2.24, 2.45) is 0 Å². The molecule has 0 bridgehead atoms. The van der Waals surface area contributed by atoms with Crippen molar-refractivity contribution in [2.45, 2.75) is 31.8 Å². The van der Waals surface area contributed by atoms with Gasteiger partial charge in [0.1, 0.15) is 0 Å². The second-order valence-corrected chi connectivity index (χ2v) is 5.98. The Morgan fingerprint density at radius 3 is 1.77 bits per heavy atom. The first kappa shape index (κ1) is 17.0. The van der Waals surface area contributed by atoms with Crippen molar-refractivity contribution in [3.8, 4) is 0 Å². The van der Waals surface area contributed by atoms with Crippen LogP contribution in [0.3, 0.4) is 0 Å². The van der Waals surface area contributed by atoms with Gasteiger partial charge in [0.15, 0.2) is 0 Å². The molecule has 0 aromatic carbocycles. The highest BCUT2D eigenvalue weighted by molar-refractivity contribution is 5.77. The van der Waals surface area contributed by atoms with Gasteiger partial charge in [0.25, 0.3) is 0 Å². The maximum atomic E-state index is 12.9. The van der Waals surface area contributed by atoms with Crippen LogP contribution in [0.2, 0.25) is 0 Å². The largest absolute Gasteiger partial charge is 0.383 e. The Balaban J connectivity index is 2.00. The van der Waals surface area contributed by atoms with E-state index in [-0.39, 0.29) is 24.0 Å². The zero-order chi connectivity index (χ0) is 16.1. The predicted molar refractivity (Wildman–Crippen MR) is 81.6 cm³/mol. The van der Waals surface area contributed by atoms with Crippen LogP contribution in [-0.2, 0) is 14.3 Å². The Hall–Kier alpha value is -1.34. The van der Waals surface area contributed by atoms with E-state index in [1.165, 1.54) is 0 Å². The fourth-order valence-corrected chi connectivity index (χ4v) is 3.36. The highest BCUT2D eigenvalue weighted by atomic mass is 16.5. The first-order chi connectivity index (χ1) is 10.6. The van der Waals surface area contributed by atoms with E-state index in [0.717, 1.165) is 12.8 Å². The second kappa shape index (κ2) is 7.78. The SMILES string of the molecule is COCC1CCC(COC)N1C(=O)N1CCN(C(C)=O)CC1. The Kier molecular flexibility index (Phi) is 6.02. The molecule has 126 valence electrons. The zero-order valence-corrected chi connectivity index (χ0v) is 13.8. The lowest BCUT2D eigenvalue weighted by Gasteiger charge is -2.39. The van der Waals surface area contributed by atoms with Crippen molar-refractivity contribution in [2.75, 3.05) is 53.6 Å². The van der Waals surface area contributed by atoms with Gasteiger partial charge in [0.2, 0.25) is 5.91 Å². The van der Waals surface area contributed by atoms with Crippen LogP contribution in [0, 0.1) is 0 Å². The Labute approximate surface area is 132 Å². The lowest BCUT2D eigenvalue weighted by atomic mass is 10.2. The minimum Gasteiger partial charge on any atom is -0.383 e. The van der Waals surface area contributed by atoms with E-state index >= 15 is 0 Å². The van der Waals surface area contributed by atoms with Crippen molar-refractivity contribution < 1.29 is 19.1 Å². The summed E-state index contributed by atoms with van der Waals surface area (Å²) in [5.41, 5.74) is 0. The zero-order valence-electron chi connectivity index (χ0n) is 13.8. The molecule has 2 saturated heterocycles. The molecule has 7 heteroatoms. The summed E-state index contributed by atoms with van der Waals surface area (Å²) in [5.74, 6) is 0.0720. The molecular formula is C15H27N3O4. The molecule has 0 aliphatic carbocycles. The average molecular weight is 313 g/mol. The van der Waals surface area contributed by atoms with Gasteiger partial charge in [-0.2, -0.15) is 0 Å². The number of ether oxygens (including phenoxy) is 2. The van der Waals surface area contributed by atoms with Gasteiger partial charge in [-0.1, -0.05) is 0 Å². The van der Waals surface area contributed by atoms with Gasteiger partial charge in [-0.3, -0.25) is 4.79 Å². The maximum Gasteiger partial charge on any atom is 0.320 e. The molecule has 0 radical (unpaired) electrons. The molecule has 2 heterocycles. The molecule has 0 aromatic rings. The van der Waals surface area contributed by atoms with Crippen molar-refractivity contribution in [3.05, 3.63) is 0 Å². The second-order valence-electron chi connectivity index (χ2n) is 5.98. The minimum absolute atomic E-state index is 0.0461. The number of urea groups is 1. The molecule has 0 N–H and O–H groups in total. The van der Waals surface area contributed by atoms with Crippen LogP contribution in [0.25, 0.3) is 0 Å². The highest BCUT2D eigenvalue weighted by Gasteiger charge is 2.39. The van der Waals surface area contributed by atoms with Crippen molar-refractivity contribution in [1.82, 2.24) is 14.7 Å². The summed E-state index contributed by atoms with van der Waals surface area (Å²) in [5, 5.41) is 0. The number of hydrogen-bond donors (Lipinski definition) is 0. The number of likely N-dealkylation sites (tertiary alicyclic amines) is 1. The van der Waals surface area contributed by atoms with Crippen LogP contribution in [0.4, 0.5) is 4.79 Å². The fourth-order valence-electron chi connectivity index (χ4n) is 3.36. The molecule has 0 saturated carbocycles. The number of amides is 3. The molecule has 22 heavy (non-hydrogen) atoms. The minimum atomic E-state index is 0.0461. The number of hydrogen-bond acceptors (Lipinski definition) is 4. The Bertz CT molecular complexity index is 382. The molecule has 2 aliphatic rings. The molecule has 3 amide bonds. The molecule has 2 unspecified atom stereocenters. The molecule has 2 rings (SSSR count).